The van der Waals surface area contributed by atoms with E-state index >= 15 is 0 Å². The second-order valence-corrected chi connectivity index (χ2v) is 5.77. The van der Waals surface area contributed by atoms with Gasteiger partial charge in [0, 0.05) is 29.1 Å². The molecular weight excluding hydrogens is 264 g/mol. The van der Waals surface area contributed by atoms with Crippen LogP contribution in [0.1, 0.15) is 50.5 Å². The number of rotatable bonds is 8. The van der Waals surface area contributed by atoms with E-state index in [4.69, 9.17) is 0 Å². The second kappa shape index (κ2) is 7.25. The van der Waals surface area contributed by atoms with E-state index in [1.807, 2.05) is 19.2 Å². The van der Waals surface area contributed by atoms with Gasteiger partial charge in [0.05, 0.1) is 5.92 Å². The number of aryl methyl sites for hydroxylation is 1. The van der Waals surface area contributed by atoms with E-state index in [9.17, 15) is 10.1 Å². The van der Waals surface area contributed by atoms with Gasteiger partial charge >= 0.3 is 0 Å². The number of nitrogens with zero attached hydrogens (tertiary/aromatic N) is 2. The van der Waals surface area contributed by atoms with Crippen molar-refractivity contribution >= 4 is 10.9 Å². The SMILES string of the molecule is CCCCCC[C@@H](C[N+](=O)[O-])c1cn(C)c2ccccc12. The summed E-state index contributed by atoms with van der Waals surface area (Å²) in [5, 5.41) is 12.2. The summed E-state index contributed by atoms with van der Waals surface area (Å²) in [6, 6.07) is 8.16. The van der Waals surface area contributed by atoms with Gasteiger partial charge in [0.2, 0.25) is 6.54 Å². The van der Waals surface area contributed by atoms with Crippen LogP contribution in [0.2, 0.25) is 0 Å². The summed E-state index contributed by atoms with van der Waals surface area (Å²) < 4.78 is 2.07. The number of para-hydroxylation sites is 1. The maximum atomic E-state index is 11.0. The molecule has 1 aromatic heterocycles. The number of unbranched alkanes of at least 4 members (excludes halogenated alkanes) is 3. The Labute approximate surface area is 125 Å². The third kappa shape index (κ3) is 3.84. The summed E-state index contributed by atoms with van der Waals surface area (Å²) >= 11 is 0. The highest BCUT2D eigenvalue weighted by Crippen LogP contribution is 2.31. The van der Waals surface area contributed by atoms with Gasteiger partial charge in [-0.2, -0.15) is 0 Å². The molecule has 0 saturated heterocycles. The van der Waals surface area contributed by atoms with Gasteiger partial charge < -0.3 is 4.57 Å². The molecule has 21 heavy (non-hydrogen) atoms. The summed E-state index contributed by atoms with van der Waals surface area (Å²) in [5.74, 6) is 0.0166. The summed E-state index contributed by atoms with van der Waals surface area (Å²) in [7, 11) is 2.01. The molecule has 0 radical (unpaired) electrons. The van der Waals surface area contributed by atoms with Gasteiger partial charge in [0.15, 0.2) is 0 Å². The van der Waals surface area contributed by atoms with Crippen LogP contribution in [-0.2, 0) is 7.05 Å². The van der Waals surface area contributed by atoms with E-state index in [0.717, 1.165) is 35.7 Å². The first kappa shape index (κ1) is 15.5. The molecular formula is C17H24N2O2. The Morgan fingerprint density at radius 2 is 2.00 bits per heavy atom. The lowest BCUT2D eigenvalue weighted by molar-refractivity contribution is -0.483. The van der Waals surface area contributed by atoms with E-state index in [0.29, 0.717) is 0 Å². The van der Waals surface area contributed by atoms with E-state index < -0.39 is 0 Å². The van der Waals surface area contributed by atoms with Gasteiger partial charge in [0.25, 0.3) is 0 Å². The Morgan fingerprint density at radius 1 is 1.24 bits per heavy atom. The number of benzene rings is 1. The third-order valence-corrected chi connectivity index (χ3v) is 4.14. The maximum Gasteiger partial charge on any atom is 0.210 e. The van der Waals surface area contributed by atoms with Gasteiger partial charge in [-0.15, -0.1) is 0 Å². The van der Waals surface area contributed by atoms with Gasteiger partial charge in [-0.05, 0) is 18.1 Å². The minimum Gasteiger partial charge on any atom is -0.350 e. The molecule has 0 bridgehead atoms. The molecule has 0 amide bonds. The average Bonchev–Trinajstić information content (AvgIpc) is 2.80. The fraction of sp³-hybridized carbons (Fsp3) is 0.529. The van der Waals surface area contributed by atoms with Crippen molar-refractivity contribution in [1.29, 1.82) is 0 Å². The summed E-state index contributed by atoms with van der Waals surface area (Å²) in [6.45, 7) is 2.21. The molecule has 4 heteroatoms. The molecule has 0 aliphatic heterocycles. The summed E-state index contributed by atoms with van der Waals surface area (Å²) in [6.07, 6.45) is 7.59. The number of nitro groups is 1. The van der Waals surface area contributed by atoms with Crippen LogP contribution in [0.25, 0.3) is 10.9 Å². The highest BCUT2D eigenvalue weighted by Gasteiger charge is 2.21. The molecule has 2 rings (SSSR count). The van der Waals surface area contributed by atoms with Crippen molar-refractivity contribution in [3.8, 4) is 0 Å². The lowest BCUT2D eigenvalue weighted by Crippen LogP contribution is -2.12. The summed E-state index contributed by atoms with van der Waals surface area (Å²) in [5.41, 5.74) is 2.27. The molecule has 2 aromatic rings. The van der Waals surface area contributed by atoms with Crippen LogP contribution < -0.4 is 0 Å². The monoisotopic (exact) mass is 288 g/mol. The van der Waals surface area contributed by atoms with Crippen molar-refractivity contribution in [3.05, 3.63) is 46.1 Å². The molecule has 4 nitrogen and oxygen atoms in total. The first-order valence-corrected chi connectivity index (χ1v) is 7.79. The Hall–Kier alpha value is -1.84. The van der Waals surface area contributed by atoms with Crippen molar-refractivity contribution < 1.29 is 4.92 Å². The fourth-order valence-corrected chi connectivity index (χ4v) is 3.04. The molecule has 1 atom stereocenters. The fourth-order valence-electron chi connectivity index (χ4n) is 3.04. The molecule has 0 saturated carbocycles. The maximum absolute atomic E-state index is 11.0. The minimum absolute atomic E-state index is 0.0166. The van der Waals surface area contributed by atoms with Crippen molar-refractivity contribution in [2.75, 3.05) is 6.54 Å². The standard InChI is InChI=1S/C17H24N2O2/c1-3-4-5-6-9-14(12-19(20)21)16-13-18(2)17-11-8-7-10-15(16)17/h7-8,10-11,13-14H,3-6,9,12H2,1-2H3/t14-/m0/s1. The second-order valence-electron chi connectivity index (χ2n) is 5.77. The number of aromatic nitrogens is 1. The molecule has 114 valence electrons. The van der Waals surface area contributed by atoms with E-state index in [1.54, 1.807) is 0 Å². The first-order chi connectivity index (χ1) is 10.1. The van der Waals surface area contributed by atoms with E-state index in [-0.39, 0.29) is 17.4 Å². The molecule has 0 unspecified atom stereocenters. The largest absolute Gasteiger partial charge is 0.350 e. The molecule has 1 aromatic carbocycles. The smallest absolute Gasteiger partial charge is 0.210 e. The van der Waals surface area contributed by atoms with Crippen LogP contribution >= 0.6 is 0 Å². The number of fused-ring (bicyclic) bond motifs is 1. The molecule has 0 spiro atoms. The Kier molecular flexibility index (Phi) is 5.37. The highest BCUT2D eigenvalue weighted by molar-refractivity contribution is 5.84. The lowest BCUT2D eigenvalue weighted by atomic mass is 9.92. The lowest BCUT2D eigenvalue weighted by Gasteiger charge is -2.12. The van der Waals surface area contributed by atoms with Gasteiger partial charge in [0.1, 0.15) is 0 Å². The number of hydrogen-bond acceptors (Lipinski definition) is 2. The number of hydrogen-bond donors (Lipinski definition) is 0. The van der Waals surface area contributed by atoms with Crippen LogP contribution in [-0.4, -0.2) is 16.0 Å². The normalized spacial score (nSPS) is 12.7. The zero-order valence-electron chi connectivity index (χ0n) is 12.9. The zero-order chi connectivity index (χ0) is 15.2. The average molecular weight is 288 g/mol. The van der Waals surface area contributed by atoms with Crippen molar-refractivity contribution in [1.82, 2.24) is 4.57 Å². The Morgan fingerprint density at radius 3 is 2.71 bits per heavy atom. The van der Waals surface area contributed by atoms with Crippen molar-refractivity contribution in [2.24, 2.45) is 7.05 Å². The van der Waals surface area contributed by atoms with Crippen LogP contribution in [0.5, 0.6) is 0 Å². The predicted molar refractivity (Wildman–Crippen MR) is 86.3 cm³/mol. The summed E-state index contributed by atoms with van der Waals surface area (Å²) in [4.78, 5) is 10.8. The van der Waals surface area contributed by atoms with Crippen molar-refractivity contribution in [3.63, 3.8) is 0 Å². The van der Waals surface area contributed by atoms with Gasteiger partial charge in [-0.25, -0.2) is 0 Å². The predicted octanol–water partition coefficient (Wildman–Crippen LogP) is 4.51. The minimum atomic E-state index is -0.174. The molecule has 0 aliphatic rings. The first-order valence-electron chi connectivity index (χ1n) is 7.79. The highest BCUT2D eigenvalue weighted by atomic mass is 16.6. The van der Waals surface area contributed by atoms with Gasteiger partial charge in [-0.3, -0.25) is 10.1 Å². The van der Waals surface area contributed by atoms with Crippen LogP contribution in [0, 0.1) is 10.1 Å². The van der Waals surface area contributed by atoms with Crippen LogP contribution in [0.4, 0.5) is 0 Å². The molecule has 0 aliphatic carbocycles. The topological polar surface area (TPSA) is 48.1 Å². The zero-order valence-corrected chi connectivity index (χ0v) is 12.9. The van der Waals surface area contributed by atoms with E-state index in [2.05, 4.69) is 29.8 Å². The third-order valence-electron chi connectivity index (χ3n) is 4.14. The Bertz CT molecular complexity index is 604. The van der Waals surface area contributed by atoms with Crippen LogP contribution in [0.15, 0.2) is 30.5 Å². The van der Waals surface area contributed by atoms with Crippen molar-refractivity contribution in [2.45, 2.75) is 44.9 Å². The quantitative estimate of drug-likeness (QED) is 0.407. The van der Waals surface area contributed by atoms with E-state index in [1.165, 1.54) is 12.8 Å². The van der Waals surface area contributed by atoms with Crippen LogP contribution in [0.3, 0.4) is 0 Å². The molecule has 0 N–H and O–H groups in total. The molecule has 1 heterocycles. The molecule has 0 fully saturated rings. The Balaban J connectivity index is 2.23. The van der Waals surface area contributed by atoms with Gasteiger partial charge in [-0.1, -0.05) is 50.8 Å².